The number of ketones is 1. The van der Waals surface area contributed by atoms with Crippen molar-refractivity contribution in [3.8, 4) is 0 Å². The zero-order valence-corrected chi connectivity index (χ0v) is 19.5. The van der Waals surface area contributed by atoms with Gasteiger partial charge in [0, 0.05) is 16.8 Å². The molecule has 34 heavy (non-hydrogen) atoms. The Morgan fingerprint density at radius 2 is 1.47 bits per heavy atom. The van der Waals surface area contributed by atoms with Gasteiger partial charge in [-0.1, -0.05) is 87.5 Å². The summed E-state index contributed by atoms with van der Waals surface area (Å²) in [5.74, 6) is 0.198. The van der Waals surface area contributed by atoms with Gasteiger partial charge in [-0.2, -0.15) is 0 Å². The minimum absolute atomic E-state index is 0.0192. The number of nitrogens with one attached hydrogen (secondary N) is 1. The topological polar surface area (TPSA) is 59.3 Å². The Balaban J connectivity index is 1.57. The molecule has 1 amide bonds. The molecule has 1 heterocycles. The molecule has 0 unspecified atom stereocenters. The van der Waals surface area contributed by atoms with Gasteiger partial charge in [0.25, 0.3) is 5.91 Å². The summed E-state index contributed by atoms with van der Waals surface area (Å²) < 4.78 is 5.41. The number of furan rings is 1. The second-order valence-corrected chi connectivity index (χ2v) is 9.13. The first kappa shape index (κ1) is 23.0. The van der Waals surface area contributed by atoms with Gasteiger partial charge in [-0.15, -0.1) is 0 Å². The van der Waals surface area contributed by atoms with E-state index < -0.39 is 0 Å². The standard InChI is InChI=1S/C30H27NO3/c1-30(2,3)24-16-14-22(15-17-24)28(32)23-11-7-12-25(19-23)31-29(33)27(20-26-13-8-18-34-26)21-9-5-4-6-10-21/h4-20H,1-3H3,(H,31,33)/b27-20+. The molecular formula is C30H27NO3. The van der Waals surface area contributed by atoms with Crippen LogP contribution in [-0.2, 0) is 10.2 Å². The highest BCUT2D eigenvalue weighted by atomic mass is 16.3. The Labute approximate surface area is 199 Å². The number of amides is 1. The Hall–Kier alpha value is -4.18. The molecule has 0 aliphatic rings. The Kier molecular flexibility index (Phi) is 6.60. The van der Waals surface area contributed by atoms with E-state index in [4.69, 9.17) is 4.42 Å². The summed E-state index contributed by atoms with van der Waals surface area (Å²) in [7, 11) is 0. The normalized spacial score (nSPS) is 11.8. The molecule has 0 aliphatic carbocycles. The third kappa shape index (κ3) is 5.41. The molecule has 0 saturated carbocycles. The van der Waals surface area contributed by atoms with Crippen molar-refractivity contribution >= 4 is 29.0 Å². The van der Waals surface area contributed by atoms with Gasteiger partial charge in [0.1, 0.15) is 5.76 Å². The van der Waals surface area contributed by atoms with Crippen LogP contribution in [0, 0.1) is 0 Å². The van der Waals surface area contributed by atoms with Gasteiger partial charge in [0.05, 0.1) is 11.8 Å². The third-order valence-corrected chi connectivity index (χ3v) is 5.55. The fourth-order valence-electron chi connectivity index (χ4n) is 3.64. The first-order chi connectivity index (χ1) is 16.3. The van der Waals surface area contributed by atoms with Crippen molar-refractivity contribution in [2.45, 2.75) is 26.2 Å². The summed E-state index contributed by atoms with van der Waals surface area (Å²) in [4.78, 5) is 26.3. The highest BCUT2D eigenvalue weighted by Crippen LogP contribution is 2.24. The smallest absolute Gasteiger partial charge is 0.256 e. The molecule has 0 fully saturated rings. The molecule has 4 rings (SSSR count). The maximum Gasteiger partial charge on any atom is 0.256 e. The molecule has 1 N–H and O–H groups in total. The number of hydrogen-bond acceptors (Lipinski definition) is 3. The SMILES string of the molecule is CC(C)(C)c1ccc(C(=O)c2cccc(NC(=O)/C(=C/c3ccco3)c3ccccc3)c2)cc1. The molecule has 3 aromatic carbocycles. The zero-order chi connectivity index (χ0) is 24.1. The van der Waals surface area contributed by atoms with Crippen molar-refractivity contribution in [3.05, 3.63) is 125 Å². The number of carbonyl (C=O) groups is 2. The number of anilines is 1. The zero-order valence-electron chi connectivity index (χ0n) is 19.5. The summed E-state index contributed by atoms with van der Waals surface area (Å²) in [6.07, 6.45) is 3.27. The average molecular weight is 450 g/mol. The van der Waals surface area contributed by atoms with Crippen LogP contribution in [0.15, 0.2) is 102 Å². The highest BCUT2D eigenvalue weighted by Gasteiger charge is 2.17. The molecule has 0 atom stereocenters. The summed E-state index contributed by atoms with van der Waals surface area (Å²) in [6, 6.07) is 27.6. The van der Waals surface area contributed by atoms with Gasteiger partial charge in [-0.3, -0.25) is 9.59 Å². The first-order valence-corrected chi connectivity index (χ1v) is 11.2. The van der Waals surface area contributed by atoms with Gasteiger partial charge >= 0.3 is 0 Å². The number of benzene rings is 3. The van der Waals surface area contributed by atoms with Crippen molar-refractivity contribution < 1.29 is 14.0 Å². The monoisotopic (exact) mass is 449 g/mol. The Morgan fingerprint density at radius 1 is 0.765 bits per heavy atom. The van der Waals surface area contributed by atoms with E-state index in [2.05, 4.69) is 26.1 Å². The molecule has 0 saturated heterocycles. The van der Waals surface area contributed by atoms with Crippen LogP contribution in [0.25, 0.3) is 11.6 Å². The van der Waals surface area contributed by atoms with Crippen molar-refractivity contribution in [1.82, 2.24) is 0 Å². The van der Waals surface area contributed by atoms with Gasteiger partial charge in [-0.05, 0) is 46.9 Å². The summed E-state index contributed by atoms with van der Waals surface area (Å²) in [5, 5.41) is 2.93. The Morgan fingerprint density at radius 3 is 2.12 bits per heavy atom. The lowest BCUT2D eigenvalue weighted by Gasteiger charge is -2.19. The van der Waals surface area contributed by atoms with E-state index in [9.17, 15) is 9.59 Å². The molecule has 0 spiro atoms. The minimum Gasteiger partial charge on any atom is -0.465 e. The molecule has 4 aromatic rings. The van der Waals surface area contributed by atoms with E-state index in [1.165, 1.54) is 5.56 Å². The maximum atomic E-state index is 13.2. The Bertz CT molecular complexity index is 1310. The predicted molar refractivity (Wildman–Crippen MR) is 137 cm³/mol. The highest BCUT2D eigenvalue weighted by molar-refractivity contribution is 6.29. The quantitative estimate of drug-likeness (QED) is 0.255. The second-order valence-electron chi connectivity index (χ2n) is 9.13. The lowest BCUT2D eigenvalue weighted by atomic mass is 9.86. The summed E-state index contributed by atoms with van der Waals surface area (Å²) in [5.41, 5.74) is 4.08. The molecule has 4 heteroatoms. The van der Waals surface area contributed by atoms with Crippen molar-refractivity contribution in [1.29, 1.82) is 0 Å². The van der Waals surface area contributed by atoms with Crippen molar-refractivity contribution in [2.24, 2.45) is 0 Å². The van der Waals surface area contributed by atoms with E-state index in [-0.39, 0.29) is 17.1 Å². The lowest BCUT2D eigenvalue weighted by Crippen LogP contribution is -2.14. The predicted octanol–water partition coefficient (Wildman–Crippen LogP) is 6.99. The van der Waals surface area contributed by atoms with E-state index in [0.29, 0.717) is 28.1 Å². The van der Waals surface area contributed by atoms with E-state index in [1.807, 2.05) is 54.6 Å². The van der Waals surface area contributed by atoms with Crippen LogP contribution < -0.4 is 5.32 Å². The van der Waals surface area contributed by atoms with E-state index >= 15 is 0 Å². The van der Waals surface area contributed by atoms with Crippen LogP contribution in [0.5, 0.6) is 0 Å². The summed E-state index contributed by atoms with van der Waals surface area (Å²) >= 11 is 0. The van der Waals surface area contributed by atoms with Crippen LogP contribution in [0.2, 0.25) is 0 Å². The second kappa shape index (κ2) is 9.75. The largest absolute Gasteiger partial charge is 0.465 e. The summed E-state index contributed by atoms with van der Waals surface area (Å²) in [6.45, 7) is 6.42. The third-order valence-electron chi connectivity index (χ3n) is 5.55. The van der Waals surface area contributed by atoms with Gasteiger partial charge in [0.2, 0.25) is 0 Å². The lowest BCUT2D eigenvalue weighted by molar-refractivity contribution is -0.111. The van der Waals surface area contributed by atoms with Crippen molar-refractivity contribution in [2.75, 3.05) is 5.32 Å². The number of rotatable bonds is 6. The van der Waals surface area contributed by atoms with Crippen LogP contribution in [-0.4, -0.2) is 11.7 Å². The molecule has 0 aliphatic heterocycles. The van der Waals surface area contributed by atoms with E-state index in [0.717, 1.165) is 5.56 Å². The number of hydrogen-bond donors (Lipinski definition) is 1. The van der Waals surface area contributed by atoms with Crippen LogP contribution >= 0.6 is 0 Å². The van der Waals surface area contributed by atoms with Gasteiger partial charge in [0.15, 0.2) is 5.78 Å². The van der Waals surface area contributed by atoms with Gasteiger partial charge in [-0.25, -0.2) is 0 Å². The van der Waals surface area contributed by atoms with Crippen LogP contribution in [0.1, 0.15) is 53.6 Å². The van der Waals surface area contributed by atoms with Gasteiger partial charge < -0.3 is 9.73 Å². The van der Waals surface area contributed by atoms with E-state index in [1.54, 1.807) is 48.7 Å². The molecule has 0 bridgehead atoms. The molecule has 170 valence electrons. The molecular weight excluding hydrogens is 422 g/mol. The first-order valence-electron chi connectivity index (χ1n) is 11.2. The molecule has 0 radical (unpaired) electrons. The molecule has 1 aromatic heterocycles. The minimum atomic E-state index is -0.290. The maximum absolute atomic E-state index is 13.2. The fourth-order valence-corrected chi connectivity index (χ4v) is 3.64. The average Bonchev–Trinajstić information content (AvgIpc) is 3.36. The number of carbonyl (C=O) groups excluding carboxylic acids is 2. The van der Waals surface area contributed by atoms with Crippen molar-refractivity contribution in [3.63, 3.8) is 0 Å². The van der Waals surface area contributed by atoms with Crippen LogP contribution in [0.4, 0.5) is 5.69 Å². The molecule has 4 nitrogen and oxygen atoms in total. The fraction of sp³-hybridized carbons (Fsp3) is 0.133. The van der Waals surface area contributed by atoms with Crippen LogP contribution in [0.3, 0.4) is 0 Å².